The molecule has 0 spiro atoms. The maximum absolute atomic E-state index is 9.55. The fraction of sp³-hybridized carbons (Fsp3) is 0.692. The lowest BCUT2D eigenvalue weighted by Crippen LogP contribution is -2.44. The molecule has 5 heteroatoms. The van der Waals surface area contributed by atoms with E-state index in [4.69, 9.17) is 14.2 Å². The first-order valence-electron chi connectivity index (χ1n) is 11.8. The fourth-order valence-corrected chi connectivity index (χ4v) is 4.12. The third kappa shape index (κ3) is 9.73. The van der Waals surface area contributed by atoms with Gasteiger partial charge in [0.1, 0.15) is 0 Å². The number of ether oxygens (including phenoxy) is 3. The zero-order valence-electron chi connectivity index (χ0n) is 20.1. The molecular formula is C26H43NO4. The lowest BCUT2D eigenvalue weighted by Gasteiger charge is -2.39. The van der Waals surface area contributed by atoms with Crippen LogP contribution in [0, 0.1) is 5.92 Å². The second-order valence-electron chi connectivity index (χ2n) is 9.26. The van der Waals surface area contributed by atoms with Gasteiger partial charge in [0, 0.05) is 18.7 Å². The molecule has 2 rings (SSSR count). The van der Waals surface area contributed by atoms with Crippen molar-refractivity contribution in [2.45, 2.75) is 90.8 Å². The molecule has 176 valence electrons. The predicted octanol–water partition coefficient (Wildman–Crippen LogP) is 5.04. The first kappa shape index (κ1) is 25.9. The summed E-state index contributed by atoms with van der Waals surface area (Å²) in [4.78, 5) is 0. The maximum Gasteiger partial charge on any atom is 0.161 e. The van der Waals surface area contributed by atoms with Crippen LogP contribution in [-0.2, 0) is 14.2 Å². The summed E-state index contributed by atoms with van der Waals surface area (Å²) in [5.74, 6) is 0.304. The van der Waals surface area contributed by atoms with Crippen LogP contribution < -0.4 is 5.32 Å². The largest absolute Gasteiger partial charge is 0.396 e. The molecular weight excluding hydrogens is 390 g/mol. The van der Waals surface area contributed by atoms with E-state index in [1.807, 2.05) is 0 Å². The first-order valence-corrected chi connectivity index (χ1v) is 11.8. The average molecular weight is 434 g/mol. The Morgan fingerprint density at radius 2 is 1.84 bits per heavy atom. The van der Waals surface area contributed by atoms with Gasteiger partial charge >= 0.3 is 0 Å². The molecule has 0 bridgehead atoms. The molecule has 31 heavy (non-hydrogen) atoms. The van der Waals surface area contributed by atoms with E-state index in [0.29, 0.717) is 19.1 Å². The molecule has 0 radical (unpaired) electrons. The average Bonchev–Trinajstić information content (AvgIpc) is 2.74. The van der Waals surface area contributed by atoms with Gasteiger partial charge in [-0.25, -0.2) is 0 Å². The smallest absolute Gasteiger partial charge is 0.161 e. The summed E-state index contributed by atoms with van der Waals surface area (Å²) in [7, 11) is 0. The van der Waals surface area contributed by atoms with Gasteiger partial charge in [-0.3, -0.25) is 0 Å². The quantitative estimate of drug-likeness (QED) is 0.473. The van der Waals surface area contributed by atoms with Crippen molar-refractivity contribution in [2.75, 3.05) is 19.8 Å². The minimum absolute atomic E-state index is 0.0467. The van der Waals surface area contributed by atoms with Gasteiger partial charge in [-0.05, 0) is 58.4 Å². The van der Waals surface area contributed by atoms with Gasteiger partial charge in [-0.1, -0.05) is 49.8 Å². The number of rotatable bonds is 10. The molecule has 0 aromatic carbocycles. The second-order valence-corrected chi connectivity index (χ2v) is 9.26. The summed E-state index contributed by atoms with van der Waals surface area (Å²) in [5.41, 5.74) is 2.11. The van der Waals surface area contributed by atoms with Crippen molar-refractivity contribution in [2.24, 2.45) is 5.92 Å². The van der Waals surface area contributed by atoms with Crippen LogP contribution in [-0.4, -0.2) is 49.0 Å². The summed E-state index contributed by atoms with van der Waals surface area (Å²) >= 11 is 0. The Bertz CT molecular complexity index is 642. The minimum Gasteiger partial charge on any atom is -0.396 e. The fourth-order valence-electron chi connectivity index (χ4n) is 4.12. The molecule has 0 aliphatic carbocycles. The van der Waals surface area contributed by atoms with Crippen LogP contribution in [0.3, 0.4) is 0 Å². The molecule has 2 atom stereocenters. The SMILES string of the molecule is CC/C=C\C(=C/CC)NC1COC(C/C=C(C)/C=C/C2CC(CO)CC(C)(C)O2)OC1. The van der Waals surface area contributed by atoms with E-state index < -0.39 is 0 Å². The van der Waals surface area contributed by atoms with Gasteiger partial charge in [-0.15, -0.1) is 0 Å². The van der Waals surface area contributed by atoms with Crippen molar-refractivity contribution >= 4 is 0 Å². The molecule has 2 N–H and O–H groups in total. The minimum atomic E-state index is -0.199. The van der Waals surface area contributed by atoms with Crippen molar-refractivity contribution in [3.63, 3.8) is 0 Å². The van der Waals surface area contributed by atoms with Crippen LogP contribution in [0.2, 0.25) is 0 Å². The van der Waals surface area contributed by atoms with Gasteiger partial charge in [-0.2, -0.15) is 0 Å². The predicted molar refractivity (Wildman–Crippen MR) is 127 cm³/mol. The van der Waals surface area contributed by atoms with Crippen LogP contribution in [0.4, 0.5) is 0 Å². The lowest BCUT2D eigenvalue weighted by atomic mass is 9.86. The number of allylic oxidation sites excluding steroid dienone is 5. The zero-order valence-corrected chi connectivity index (χ0v) is 20.1. The second kappa shape index (κ2) is 13.2. The van der Waals surface area contributed by atoms with Crippen LogP contribution >= 0.6 is 0 Å². The van der Waals surface area contributed by atoms with Crippen LogP contribution in [0.5, 0.6) is 0 Å². The van der Waals surface area contributed by atoms with Crippen molar-refractivity contribution in [1.82, 2.24) is 5.32 Å². The van der Waals surface area contributed by atoms with E-state index in [1.54, 1.807) is 0 Å². The number of aliphatic hydroxyl groups is 1. The van der Waals surface area contributed by atoms with Gasteiger partial charge in [0.2, 0.25) is 0 Å². The number of nitrogens with one attached hydrogen (secondary N) is 1. The summed E-state index contributed by atoms with van der Waals surface area (Å²) < 4.78 is 18.0. The summed E-state index contributed by atoms with van der Waals surface area (Å²) in [6.45, 7) is 12.1. The molecule has 2 aliphatic rings. The Balaban J connectivity index is 1.77. The van der Waals surface area contributed by atoms with E-state index >= 15 is 0 Å². The van der Waals surface area contributed by atoms with Crippen LogP contribution in [0.25, 0.3) is 0 Å². The molecule has 2 saturated heterocycles. The standard InChI is InChI=1S/C26H43NO4/c1-6-8-10-22(9-7-2)27-23-18-29-25(30-19-23)14-12-20(3)11-13-24-15-21(17-28)16-26(4,5)31-24/h8-13,21,23-25,27-28H,6-7,14-19H2,1-5H3/b10-8-,13-11+,20-12+,22-9+. The molecule has 0 amide bonds. The van der Waals surface area contributed by atoms with Crippen molar-refractivity contribution in [3.05, 3.63) is 47.7 Å². The highest BCUT2D eigenvalue weighted by molar-refractivity contribution is 5.18. The van der Waals surface area contributed by atoms with Gasteiger partial charge in [0.25, 0.3) is 0 Å². The number of aliphatic hydroxyl groups excluding tert-OH is 1. The Hall–Kier alpha value is -1.40. The van der Waals surface area contributed by atoms with E-state index in [1.165, 1.54) is 0 Å². The summed E-state index contributed by atoms with van der Waals surface area (Å²) in [5, 5.41) is 13.1. The molecule has 2 heterocycles. The summed E-state index contributed by atoms with van der Waals surface area (Å²) in [6.07, 6.45) is 17.2. The maximum atomic E-state index is 9.55. The first-order chi connectivity index (χ1) is 14.8. The lowest BCUT2D eigenvalue weighted by molar-refractivity contribution is -0.186. The van der Waals surface area contributed by atoms with E-state index in [9.17, 15) is 5.11 Å². The van der Waals surface area contributed by atoms with E-state index in [-0.39, 0.29) is 30.6 Å². The Kier molecular flexibility index (Phi) is 11.0. The van der Waals surface area contributed by atoms with Crippen molar-refractivity contribution in [3.8, 4) is 0 Å². The van der Waals surface area contributed by atoms with Crippen molar-refractivity contribution < 1.29 is 19.3 Å². The highest BCUT2D eigenvalue weighted by atomic mass is 16.7. The van der Waals surface area contributed by atoms with E-state index in [0.717, 1.165) is 43.4 Å². The molecule has 2 unspecified atom stereocenters. The normalized spacial score (nSPS) is 30.3. The van der Waals surface area contributed by atoms with Crippen molar-refractivity contribution in [1.29, 1.82) is 0 Å². The van der Waals surface area contributed by atoms with Gasteiger partial charge in [0.05, 0.1) is 31.0 Å². The molecule has 2 aliphatic heterocycles. The number of hydrogen-bond donors (Lipinski definition) is 2. The molecule has 0 saturated carbocycles. The third-order valence-corrected chi connectivity index (χ3v) is 5.58. The number of hydrogen-bond acceptors (Lipinski definition) is 5. The van der Waals surface area contributed by atoms with Gasteiger partial charge < -0.3 is 24.6 Å². The molecule has 0 aromatic rings. The molecule has 0 aromatic heterocycles. The monoisotopic (exact) mass is 433 g/mol. The van der Waals surface area contributed by atoms with Crippen LogP contribution in [0.15, 0.2) is 47.7 Å². The Morgan fingerprint density at radius 3 is 2.48 bits per heavy atom. The topological polar surface area (TPSA) is 60.0 Å². The zero-order chi connectivity index (χ0) is 22.7. The Morgan fingerprint density at radius 1 is 1.10 bits per heavy atom. The Labute approximate surface area is 189 Å². The highest BCUT2D eigenvalue weighted by Gasteiger charge is 2.33. The molecule has 5 nitrogen and oxygen atoms in total. The molecule has 2 fully saturated rings. The highest BCUT2D eigenvalue weighted by Crippen LogP contribution is 2.32. The summed E-state index contributed by atoms with van der Waals surface area (Å²) in [6, 6.07) is 0.173. The van der Waals surface area contributed by atoms with E-state index in [2.05, 4.69) is 76.4 Å². The van der Waals surface area contributed by atoms with Gasteiger partial charge in [0.15, 0.2) is 6.29 Å². The van der Waals surface area contributed by atoms with Crippen LogP contribution in [0.1, 0.15) is 66.7 Å². The third-order valence-electron chi connectivity index (χ3n) is 5.58.